The molecule has 0 radical (unpaired) electrons. The largest absolute Gasteiger partial charge is 1.00 e. The van der Waals surface area contributed by atoms with E-state index in [-0.39, 0.29) is 96.1 Å². The van der Waals surface area contributed by atoms with Crippen LogP contribution in [0.1, 0.15) is 65.3 Å². The predicted molar refractivity (Wildman–Crippen MR) is 183 cm³/mol. The van der Waals surface area contributed by atoms with Crippen molar-refractivity contribution in [3.05, 3.63) is 95.6 Å². The molecule has 0 saturated carbocycles. The second-order valence-electron chi connectivity index (χ2n) is 12.7. The summed E-state index contributed by atoms with van der Waals surface area (Å²) in [6, 6.07) is 20.2. The Balaban J connectivity index is 0.00000504. The molecule has 0 aromatic heterocycles. The number of aliphatic hydroxyl groups is 2. The molecule has 278 valence electrons. The Bertz CT molecular complexity index is 1700. The monoisotopic (exact) mass is 763 g/mol. The standard InChI is InChI=1S/C38H45N3O11.2Na/c1-23-12-14-28(15-13-23)36(48)41-29-21-38(37(49)50,51-20-8-4-7-11-31(44)45)52-34(32(29)40-24(2)42)33(46)30(43)22-39-35(47)27-18-16-26(17-19-27)25-9-5-3-6-10-25;;/h3,5-6,9-10,12-19,29-30,32-34,43,46H,4,7-8,11,20-22H2,1-2H3,(H,39,47)(H,40,42)(H,41,48)(H,44,45)(H,49,50);;/q;2*+1/p-2/t29-,30+,32+,33+,34+,38+;;/m0../s1. The van der Waals surface area contributed by atoms with E-state index >= 15 is 0 Å². The summed E-state index contributed by atoms with van der Waals surface area (Å²) in [5.74, 6) is -7.47. The van der Waals surface area contributed by atoms with E-state index in [2.05, 4.69) is 16.0 Å². The quantitative estimate of drug-likeness (QED) is 0.0643. The number of aryl methyl sites for hydroxylation is 1. The minimum absolute atomic E-state index is 0. The van der Waals surface area contributed by atoms with Crippen molar-refractivity contribution in [1.82, 2.24) is 16.0 Å². The number of carbonyl (C=O) groups excluding carboxylic acids is 5. The van der Waals surface area contributed by atoms with E-state index in [4.69, 9.17) is 9.47 Å². The smallest absolute Gasteiger partial charge is 0.550 e. The van der Waals surface area contributed by atoms with Crippen molar-refractivity contribution in [2.45, 2.75) is 82.1 Å². The Morgan fingerprint density at radius 1 is 0.833 bits per heavy atom. The van der Waals surface area contributed by atoms with Gasteiger partial charge >= 0.3 is 59.1 Å². The zero-order valence-electron chi connectivity index (χ0n) is 30.9. The number of benzene rings is 3. The second-order valence-corrected chi connectivity index (χ2v) is 12.7. The summed E-state index contributed by atoms with van der Waals surface area (Å²) < 4.78 is 11.6. The van der Waals surface area contributed by atoms with Gasteiger partial charge in [0.1, 0.15) is 18.2 Å². The molecule has 3 aromatic rings. The number of carbonyl (C=O) groups is 5. The van der Waals surface area contributed by atoms with Crippen LogP contribution in [0.3, 0.4) is 0 Å². The van der Waals surface area contributed by atoms with Crippen LogP contribution in [0, 0.1) is 6.92 Å². The molecule has 16 heteroatoms. The molecule has 6 atom stereocenters. The molecule has 1 fully saturated rings. The number of hydrogen-bond donors (Lipinski definition) is 5. The van der Waals surface area contributed by atoms with Gasteiger partial charge in [-0.2, -0.15) is 0 Å². The summed E-state index contributed by atoms with van der Waals surface area (Å²) in [5.41, 5.74) is 3.22. The van der Waals surface area contributed by atoms with Crippen LogP contribution in [-0.4, -0.2) is 89.2 Å². The van der Waals surface area contributed by atoms with Crippen LogP contribution in [0.4, 0.5) is 0 Å². The Morgan fingerprint density at radius 3 is 2.02 bits per heavy atom. The average molecular weight is 764 g/mol. The van der Waals surface area contributed by atoms with Crippen LogP contribution >= 0.6 is 0 Å². The van der Waals surface area contributed by atoms with Crippen LogP contribution in [0.15, 0.2) is 78.9 Å². The van der Waals surface area contributed by atoms with Crippen molar-refractivity contribution in [1.29, 1.82) is 0 Å². The minimum atomic E-state index is -2.58. The van der Waals surface area contributed by atoms with E-state index in [1.165, 1.54) is 6.92 Å². The molecule has 1 saturated heterocycles. The van der Waals surface area contributed by atoms with Gasteiger partial charge in [0, 0.05) is 37.0 Å². The molecule has 0 unspecified atom stereocenters. The molecular weight excluding hydrogens is 720 g/mol. The maximum absolute atomic E-state index is 13.4. The van der Waals surface area contributed by atoms with Gasteiger partial charge in [-0.1, -0.05) is 66.6 Å². The number of aliphatic hydroxyl groups excluding tert-OH is 2. The number of carboxylic acid groups (broad SMARTS) is 2. The summed E-state index contributed by atoms with van der Waals surface area (Å²) in [7, 11) is 0. The summed E-state index contributed by atoms with van der Waals surface area (Å²) in [6.45, 7) is 2.25. The topological polar surface area (TPSA) is 226 Å². The molecular formula is C38H43N3Na2O11. The zero-order chi connectivity index (χ0) is 37.8. The SMILES string of the molecule is CC(=O)N[C@H]1[C@H]([C@H](O)[C@H](O)CNC(=O)c2ccc(-c3ccccc3)cc2)O[C@@](OCCCCCC(=O)[O-])(C(=O)[O-])C[C@@H]1NC(=O)c1ccc(C)cc1.[Na+].[Na+]. The molecule has 54 heavy (non-hydrogen) atoms. The van der Waals surface area contributed by atoms with E-state index in [1.807, 2.05) is 37.3 Å². The van der Waals surface area contributed by atoms with Gasteiger partial charge in [-0.05, 0) is 61.6 Å². The van der Waals surface area contributed by atoms with Crippen molar-refractivity contribution in [3.63, 3.8) is 0 Å². The number of hydrogen-bond acceptors (Lipinski definition) is 11. The maximum Gasteiger partial charge on any atom is 1.00 e. The van der Waals surface area contributed by atoms with Gasteiger partial charge in [0.05, 0.1) is 24.8 Å². The molecule has 3 aromatic carbocycles. The number of unbranched alkanes of at least 4 members (excludes halogenated alkanes) is 2. The summed E-state index contributed by atoms with van der Waals surface area (Å²) in [4.78, 5) is 62.2. The van der Waals surface area contributed by atoms with Gasteiger partial charge in [0.15, 0.2) is 0 Å². The Labute approximate surface area is 358 Å². The normalized spacial score (nSPS) is 20.2. The van der Waals surface area contributed by atoms with Crippen LogP contribution in [0.5, 0.6) is 0 Å². The van der Waals surface area contributed by atoms with Crippen molar-refractivity contribution in [3.8, 4) is 11.1 Å². The summed E-state index contributed by atoms with van der Waals surface area (Å²) in [5, 5.41) is 53.9. The number of carboxylic acids is 2. The molecule has 0 spiro atoms. The van der Waals surface area contributed by atoms with Gasteiger partial charge in [0.25, 0.3) is 11.8 Å². The van der Waals surface area contributed by atoms with E-state index in [0.717, 1.165) is 16.7 Å². The number of amides is 3. The van der Waals surface area contributed by atoms with Crippen molar-refractivity contribution in [2.24, 2.45) is 0 Å². The molecule has 1 heterocycles. The molecule has 14 nitrogen and oxygen atoms in total. The molecule has 1 aliphatic rings. The third-order valence-corrected chi connectivity index (χ3v) is 8.73. The number of rotatable bonds is 17. The molecule has 0 bridgehead atoms. The molecule has 5 N–H and O–H groups in total. The van der Waals surface area contributed by atoms with Gasteiger partial charge < -0.3 is 55.4 Å². The zero-order valence-corrected chi connectivity index (χ0v) is 34.9. The van der Waals surface area contributed by atoms with Crippen molar-refractivity contribution in [2.75, 3.05) is 13.2 Å². The fourth-order valence-corrected chi connectivity index (χ4v) is 5.94. The van der Waals surface area contributed by atoms with E-state index < -0.39 is 78.8 Å². The average Bonchev–Trinajstić information content (AvgIpc) is 3.12. The molecule has 3 amide bonds. The van der Waals surface area contributed by atoms with E-state index in [1.54, 1.807) is 48.5 Å². The van der Waals surface area contributed by atoms with Crippen molar-refractivity contribution < 1.29 is 113 Å². The number of nitrogens with one attached hydrogen (secondary N) is 3. The first-order valence-electron chi connectivity index (χ1n) is 17.0. The summed E-state index contributed by atoms with van der Waals surface area (Å²) >= 11 is 0. The van der Waals surface area contributed by atoms with Crippen molar-refractivity contribution >= 4 is 29.7 Å². The van der Waals surface area contributed by atoms with Gasteiger partial charge in [-0.15, -0.1) is 0 Å². The molecule has 0 aliphatic carbocycles. The van der Waals surface area contributed by atoms with Crippen LogP contribution in [0.25, 0.3) is 11.1 Å². The first-order valence-corrected chi connectivity index (χ1v) is 17.0. The van der Waals surface area contributed by atoms with Gasteiger partial charge in [-0.25, -0.2) is 0 Å². The third-order valence-electron chi connectivity index (χ3n) is 8.73. The number of ether oxygens (including phenoxy) is 2. The maximum atomic E-state index is 13.4. The first kappa shape index (κ1) is 47.0. The fourth-order valence-electron chi connectivity index (χ4n) is 5.94. The van der Waals surface area contributed by atoms with Gasteiger partial charge in [0.2, 0.25) is 11.7 Å². The Hall–Kier alpha value is -3.15. The molecule has 4 rings (SSSR count). The predicted octanol–water partition coefficient (Wildman–Crippen LogP) is -6.01. The Morgan fingerprint density at radius 2 is 1.43 bits per heavy atom. The van der Waals surface area contributed by atoms with E-state index in [0.29, 0.717) is 6.42 Å². The van der Waals surface area contributed by atoms with Crippen LogP contribution in [0.2, 0.25) is 0 Å². The summed E-state index contributed by atoms with van der Waals surface area (Å²) in [6.07, 6.45) is -5.38. The first-order chi connectivity index (χ1) is 24.8. The molecule has 1 aliphatic heterocycles. The number of aliphatic carboxylic acids is 2. The second kappa shape index (κ2) is 22.4. The van der Waals surface area contributed by atoms with Crippen LogP contribution < -0.4 is 85.3 Å². The minimum Gasteiger partial charge on any atom is -0.550 e. The van der Waals surface area contributed by atoms with E-state index in [9.17, 15) is 44.4 Å². The Kier molecular flexibility index (Phi) is 19.5. The van der Waals surface area contributed by atoms with Gasteiger partial charge in [-0.3, -0.25) is 14.4 Å². The van der Waals surface area contributed by atoms with Crippen LogP contribution in [-0.2, 0) is 23.9 Å². The third kappa shape index (κ3) is 13.3. The fraction of sp³-hybridized carbons (Fsp3) is 0.395.